The van der Waals surface area contributed by atoms with Gasteiger partial charge in [0.15, 0.2) is 0 Å². The number of aromatic nitrogens is 3. The van der Waals surface area contributed by atoms with E-state index in [0.717, 1.165) is 44.8 Å². The van der Waals surface area contributed by atoms with Gasteiger partial charge in [-0.2, -0.15) is 5.10 Å². The molecule has 0 atom stereocenters. The lowest BCUT2D eigenvalue weighted by Crippen LogP contribution is -2.05. The van der Waals surface area contributed by atoms with Crippen molar-refractivity contribution in [2.24, 2.45) is 0 Å². The molecule has 0 amide bonds. The molecule has 0 saturated carbocycles. The van der Waals surface area contributed by atoms with E-state index in [4.69, 9.17) is 14.6 Å². The largest absolute Gasteiger partial charge is 0.489 e. The fourth-order valence-electron chi connectivity index (χ4n) is 4.44. The summed E-state index contributed by atoms with van der Waals surface area (Å²) in [6, 6.07) is 30.4. The number of hydrogen-bond acceptors (Lipinski definition) is 5. The number of carbonyl (C=O) groups excluding carboxylic acids is 1. The van der Waals surface area contributed by atoms with Crippen molar-refractivity contribution in [2.45, 2.75) is 32.9 Å². The van der Waals surface area contributed by atoms with E-state index in [1.165, 1.54) is 0 Å². The van der Waals surface area contributed by atoms with Crippen LogP contribution in [0.3, 0.4) is 0 Å². The summed E-state index contributed by atoms with van der Waals surface area (Å²) < 4.78 is 13.1. The van der Waals surface area contributed by atoms with E-state index in [1.54, 1.807) is 0 Å². The van der Waals surface area contributed by atoms with Crippen molar-refractivity contribution < 1.29 is 14.3 Å². The Labute approximate surface area is 228 Å². The average molecular weight is 518 g/mol. The zero-order chi connectivity index (χ0) is 26.9. The first-order valence-corrected chi connectivity index (χ1v) is 13.2. The van der Waals surface area contributed by atoms with E-state index in [2.05, 4.69) is 35.3 Å². The molecular weight excluding hydrogens is 486 g/mol. The molecule has 0 aliphatic carbocycles. The number of benzene rings is 3. The highest BCUT2D eigenvalue weighted by molar-refractivity contribution is 5.71. The number of rotatable bonds is 11. The van der Waals surface area contributed by atoms with E-state index < -0.39 is 0 Å². The third kappa shape index (κ3) is 6.99. The van der Waals surface area contributed by atoms with E-state index in [0.29, 0.717) is 32.6 Å². The van der Waals surface area contributed by atoms with Crippen molar-refractivity contribution >= 4 is 5.97 Å². The van der Waals surface area contributed by atoms with Gasteiger partial charge in [-0.3, -0.25) is 14.5 Å². The van der Waals surface area contributed by atoms with Gasteiger partial charge in [-0.05, 0) is 48.2 Å². The van der Waals surface area contributed by atoms with Crippen LogP contribution in [0.5, 0.6) is 5.75 Å². The normalized spacial score (nSPS) is 10.8. The van der Waals surface area contributed by atoms with Crippen LogP contribution in [0, 0.1) is 0 Å². The van der Waals surface area contributed by atoms with Crippen LogP contribution in [0.4, 0.5) is 0 Å². The number of hydrogen-bond donors (Lipinski definition) is 0. The SMILES string of the molecule is CCOC(=O)CCc1cn(Cc2ccc(OCc3cncc(-c4ccccc4)c3)cc2)nc1-c1ccccc1. The highest BCUT2D eigenvalue weighted by Crippen LogP contribution is 2.24. The topological polar surface area (TPSA) is 66.2 Å². The molecular formula is C33H31N3O3. The Kier molecular flexibility index (Phi) is 8.44. The highest BCUT2D eigenvalue weighted by atomic mass is 16.5. The van der Waals surface area contributed by atoms with E-state index in [-0.39, 0.29) is 5.97 Å². The number of nitrogens with zero attached hydrogens (tertiary/aromatic N) is 3. The lowest BCUT2D eigenvalue weighted by molar-refractivity contribution is -0.143. The molecule has 0 fully saturated rings. The van der Waals surface area contributed by atoms with Gasteiger partial charge in [-0.1, -0.05) is 72.8 Å². The van der Waals surface area contributed by atoms with E-state index in [9.17, 15) is 4.79 Å². The molecule has 6 nitrogen and oxygen atoms in total. The number of esters is 1. The maximum atomic E-state index is 12.0. The maximum absolute atomic E-state index is 12.0. The first-order chi connectivity index (χ1) is 19.2. The minimum absolute atomic E-state index is 0.192. The molecule has 0 aliphatic heterocycles. The van der Waals surface area contributed by atoms with Gasteiger partial charge in [0.2, 0.25) is 0 Å². The summed E-state index contributed by atoms with van der Waals surface area (Å²) in [5.41, 5.74) is 7.28. The van der Waals surface area contributed by atoms with Crippen molar-refractivity contribution in [3.05, 3.63) is 126 Å². The number of pyridine rings is 1. The van der Waals surface area contributed by atoms with Crippen molar-refractivity contribution in [3.63, 3.8) is 0 Å². The lowest BCUT2D eigenvalue weighted by Gasteiger charge is -2.09. The summed E-state index contributed by atoms with van der Waals surface area (Å²) in [7, 11) is 0. The molecule has 0 unspecified atom stereocenters. The Morgan fingerprint density at radius 3 is 2.26 bits per heavy atom. The molecule has 2 aromatic heterocycles. The predicted octanol–water partition coefficient (Wildman–Crippen LogP) is 6.74. The van der Waals surface area contributed by atoms with Gasteiger partial charge in [-0.25, -0.2) is 0 Å². The van der Waals surface area contributed by atoms with Gasteiger partial charge in [0.05, 0.1) is 18.8 Å². The Balaban J connectivity index is 1.24. The fourth-order valence-corrected chi connectivity index (χ4v) is 4.44. The smallest absolute Gasteiger partial charge is 0.306 e. The van der Waals surface area contributed by atoms with Crippen LogP contribution in [-0.4, -0.2) is 27.3 Å². The van der Waals surface area contributed by atoms with Crippen LogP contribution in [0.1, 0.15) is 30.0 Å². The Hall–Kier alpha value is -4.71. The van der Waals surface area contributed by atoms with Gasteiger partial charge in [0.25, 0.3) is 0 Å². The number of aryl methyl sites for hydroxylation is 1. The lowest BCUT2D eigenvalue weighted by atomic mass is 10.0. The maximum Gasteiger partial charge on any atom is 0.306 e. The molecule has 0 N–H and O–H groups in total. The molecule has 5 aromatic rings. The molecule has 0 radical (unpaired) electrons. The summed E-state index contributed by atoms with van der Waals surface area (Å²) in [6.07, 6.45) is 6.64. The summed E-state index contributed by atoms with van der Waals surface area (Å²) in [4.78, 5) is 16.3. The van der Waals surface area contributed by atoms with Crippen LogP contribution in [0.25, 0.3) is 22.4 Å². The summed E-state index contributed by atoms with van der Waals surface area (Å²) in [6.45, 7) is 3.27. The first-order valence-electron chi connectivity index (χ1n) is 13.2. The van der Waals surface area contributed by atoms with Crippen molar-refractivity contribution in [2.75, 3.05) is 6.61 Å². The average Bonchev–Trinajstić information content (AvgIpc) is 3.39. The van der Waals surface area contributed by atoms with Crippen LogP contribution in [0.2, 0.25) is 0 Å². The number of carbonyl (C=O) groups is 1. The van der Waals surface area contributed by atoms with Crippen LogP contribution in [-0.2, 0) is 29.1 Å². The highest BCUT2D eigenvalue weighted by Gasteiger charge is 2.14. The van der Waals surface area contributed by atoms with Crippen LogP contribution >= 0.6 is 0 Å². The Morgan fingerprint density at radius 2 is 1.54 bits per heavy atom. The monoisotopic (exact) mass is 517 g/mol. The third-order valence-corrected chi connectivity index (χ3v) is 6.36. The molecule has 0 bridgehead atoms. The Bertz CT molecular complexity index is 1500. The van der Waals surface area contributed by atoms with Crippen molar-refractivity contribution in [3.8, 4) is 28.1 Å². The summed E-state index contributed by atoms with van der Waals surface area (Å²) >= 11 is 0. The molecule has 3 aromatic carbocycles. The Morgan fingerprint density at radius 1 is 0.821 bits per heavy atom. The van der Waals surface area contributed by atoms with Gasteiger partial charge >= 0.3 is 5.97 Å². The van der Waals surface area contributed by atoms with Crippen LogP contribution in [0.15, 0.2) is 110 Å². The fraction of sp³-hybridized carbons (Fsp3) is 0.182. The van der Waals surface area contributed by atoms with Gasteiger partial charge < -0.3 is 9.47 Å². The molecule has 6 heteroatoms. The minimum Gasteiger partial charge on any atom is -0.489 e. The van der Waals surface area contributed by atoms with Gasteiger partial charge in [0.1, 0.15) is 12.4 Å². The zero-order valence-electron chi connectivity index (χ0n) is 22.0. The standard InChI is InChI=1S/C33H31N3O3/c1-2-38-32(37)18-15-29-23-36(35-33(29)28-11-7-4-8-12-28)22-25-13-16-31(17-14-25)39-24-26-19-30(21-34-20-26)27-9-5-3-6-10-27/h3-14,16-17,19-21,23H,2,15,18,22,24H2,1H3. The molecule has 2 heterocycles. The summed E-state index contributed by atoms with van der Waals surface area (Å²) in [5, 5.41) is 4.86. The molecule has 196 valence electrons. The first kappa shape index (κ1) is 25.9. The van der Waals surface area contributed by atoms with Crippen LogP contribution < -0.4 is 4.74 Å². The second kappa shape index (κ2) is 12.7. The quantitative estimate of drug-likeness (QED) is 0.182. The van der Waals surface area contributed by atoms with Crippen molar-refractivity contribution in [1.82, 2.24) is 14.8 Å². The van der Waals surface area contributed by atoms with Crippen molar-refractivity contribution in [1.29, 1.82) is 0 Å². The molecule has 5 rings (SSSR count). The van der Waals surface area contributed by atoms with Gasteiger partial charge in [0, 0.05) is 41.7 Å². The predicted molar refractivity (Wildman–Crippen MR) is 152 cm³/mol. The van der Waals surface area contributed by atoms with E-state index >= 15 is 0 Å². The third-order valence-electron chi connectivity index (χ3n) is 6.36. The second-order valence-corrected chi connectivity index (χ2v) is 9.25. The molecule has 0 saturated heterocycles. The van der Waals surface area contributed by atoms with E-state index in [1.807, 2.05) is 90.9 Å². The number of ether oxygens (including phenoxy) is 2. The second-order valence-electron chi connectivity index (χ2n) is 9.25. The molecule has 39 heavy (non-hydrogen) atoms. The van der Waals surface area contributed by atoms with Gasteiger partial charge in [-0.15, -0.1) is 0 Å². The molecule has 0 spiro atoms. The summed E-state index contributed by atoms with van der Waals surface area (Å²) in [5.74, 6) is 0.604. The molecule has 0 aliphatic rings. The zero-order valence-corrected chi connectivity index (χ0v) is 22.0. The minimum atomic E-state index is -0.192.